The monoisotopic (exact) mass is 398 g/mol. The Morgan fingerprint density at radius 3 is 2.69 bits per heavy atom. The highest BCUT2D eigenvalue weighted by Crippen LogP contribution is 2.34. The quantitative estimate of drug-likeness (QED) is 0.461. The Labute approximate surface area is 173 Å². The Balaban J connectivity index is 1.59. The van der Waals surface area contributed by atoms with E-state index in [1.54, 1.807) is 30.5 Å². The first kappa shape index (κ1) is 18.8. The summed E-state index contributed by atoms with van der Waals surface area (Å²) in [7, 11) is 0. The van der Waals surface area contributed by atoms with Crippen LogP contribution in [0.25, 0.3) is 21.0 Å². The van der Waals surface area contributed by atoms with Gasteiger partial charge in [0.05, 0.1) is 28.3 Å². The first-order valence-electron chi connectivity index (χ1n) is 9.11. The van der Waals surface area contributed by atoms with E-state index in [1.807, 2.05) is 60.7 Å². The topological polar surface area (TPSA) is 81.8 Å². The van der Waals surface area contributed by atoms with Crippen LogP contribution in [0.2, 0.25) is 0 Å². The molecule has 1 unspecified atom stereocenters. The highest BCUT2D eigenvalue weighted by atomic mass is 32.1. The van der Waals surface area contributed by atoms with Gasteiger partial charge >= 0.3 is 0 Å². The fraction of sp³-hybridized carbons (Fsp3) is 0.0870. The highest BCUT2D eigenvalue weighted by molar-refractivity contribution is 7.18. The predicted molar refractivity (Wildman–Crippen MR) is 116 cm³/mol. The van der Waals surface area contributed by atoms with Crippen LogP contribution in [0.1, 0.15) is 24.2 Å². The maximum atomic E-state index is 9.76. The van der Waals surface area contributed by atoms with Crippen LogP contribution in [0, 0.1) is 11.3 Å². The first-order valence-corrected chi connectivity index (χ1v) is 9.93. The lowest BCUT2D eigenvalue weighted by Gasteiger charge is -2.09. The summed E-state index contributed by atoms with van der Waals surface area (Å²) in [5, 5.41) is 22.1. The summed E-state index contributed by atoms with van der Waals surface area (Å²) in [5.74, 6) is 0.492. The maximum absolute atomic E-state index is 9.76. The van der Waals surface area contributed by atoms with Gasteiger partial charge in [0.1, 0.15) is 0 Å². The Bertz CT molecular complexity index is 1190. The van der Waals surface area contributed by atoms with E-state index < -0.39 is 6.10 Å². The third-order valence-corrected chi connectivity index (χ3v) is 5.57. The van der Waals surface area contributed by atoms with Crippen molar-refractivity contribution in [1.29, 1.82) is 5.26 Å². The van der Waals surface area contributed by atoms with E-state index in [9.17, 15) is 5.11 Å². The standard InChI is InChI=1S/C23H18N4OS/c1-15(28)17-5-3-7-19(13-17)26-23-25-11-10-20(27-23)22-9-8-21(29-22)18-6-2-4-16(12-18)14-24/h2-13,15,28H,1H3,(H,25,26,27). The van der Waals surface area contributed by atoms with Crippen LogP contribution in [0.4, 0.5) is 11.6 Å². The zero-order valence-corrected chi connectivity index (χ0v) is 16.5. The minimum absolute atomic E-state index is 0.492. The van der Waals surface area contributed by atoms with E-state index >= 15 is 0 Å². The van der Waals surface area contributed by atoms with Gasteiger partial charge in [0.2, 0.25) is 5.95 Å². The molecule has 2 aromatic carbocycles. The lowest BCUT2D eigenvalue weighted by atomic mass is 10.1. The molecule has 0 saturated heterocycles. The van der Waals surface area contributed by atoms with Gasteiger partial charge in [0.25, 0.3) is 0 Å². The van der Waals surface area contributed by atoms with Crippen molar-refractivity contribution in [3.05, 3.63) is 84.1 Å². The molecule has 4 rings (SSSR count). The number of aliphatic hydroxyl groups is 1. The van der Waals surface area contributed by atoms with Crippen molar-refractivity contribution in [2.24, 2.45) is 0 Å². The van der Waals surface area contributed by atoms with Crippen LogP contribution in [0.3, 0.4) is 0 Å². The van der Waals surface area contributed by atoms with Gasteiger partial charge in [-0.2, -0.15) is 5.26 Å². The van der Waals surface area contributed by atoms with E-state index in [-0.39, 0.29) is 0 Å². The number of nitriles is 1. The number of nitrogens with one attached hydrogen (secondary N) is 1. The summed E-state index contributed by atoms with van der Waals surface area (Å²) < 4.78 is 0. The van der Waals surface area contributed by atoms with E-state index in [1.165, 1.54) is 0 Å². The van der Waals surface area contributed by atoms with Gasteiger partial charge in [0, 0.05) is 16.8 Å². The molecule has 2 N–H and O–H groups in total. The van der Waals surface area contributed by atoms with Gasteiger partial charge in [-0.3, -0.25) is 0 Å². The van der Waals surface area contributed by atoms with Gasteiger partial charge < -0.3 is 10.4 Å². The molecular weight excluding hydrogens is 380 g/mol. The SMILES string of the molecule is CC(O)c1cccc(Nc2nccc(-c3ccc(-c4cccc(C#N)c4)s3)n2)c1. The second-order valence-corrected chi connectivity index (χ2v) is 7.63. The molecule has 2 heterocycles. The molecule has 6 heteroatoms. The third-order valence-electron chi connectivity index (χ3n) is 4.42. The molecular formula is C23H18N4OS. The fourth-order valence-electron chi connectivity index (χ4n) is 2.93. The molecule has 4 aromatic rings. The molecule has 0 aliphatic rings. The van der Waals surface area contributed by atoms with Gasteiger partial charge in [-0.25, -0.2) is 9.97 Å². The summed E-state index contributed by atoms with van der Waals surface area (Å²) in [6.07, 6.45) is 1.19. The summed E-state index contributed by atoms with van der Waals surface area (Å²) in [4.78, 5) is 11.0. The lowest BCUT2D eigenvalue weighted by molar-refractivity contribution is 0.199. The van der Waals surface area contributed by atoms with E-state index in [4.69, 9.17) is 5.26 Å². The first-order chi connectivity index (χ1) is 14.1. The van der Waals surface area contributed by atoms with Crippen LogP contribution in [0.5, 0.6) is 0 Å². The number of thiophene rings is 1. The molecule has 0 bridgehead atoms. The van der Waals surface area contributed by atoms with Crippen molar-refractivity contribution in [2.75, 3.05) is 5.32 Å². The molecule has 0 aliphatic heterocycles. The van der Waals surface area contributed by atoms with Crippen molar-refractivity contribution >= 4 is 23.0 Å². The van der Waals surface area contributed by atoms with Gasteiger partial charge in [-0.05, 0) is 60.5 Å². The molecule has 0 aliphatic carbocycles. The number of rotatable bonds is 5. The maximum Gasteiger partial charge on any atom is 0.227 e. The zero-order chi connectivity index (χ0) is 20.2. The molecule has 0 spiro atoms. The van der Waals surface area contributed by atoms with Gasteiger partial charge in [-0.15, -0.1) is 11.3 Å². The van der Waals surface area contributed by atoms with Crippen LogP contribution in [0.15, 0.2) is 72.9 Å². The number of hydrogen-bond donors (Lipinski definition) is 2. The molecule has 29 heavy (non-hydrogen) atoms. The minimum Gasteiger partial charge on any atom is -0.389 e. The summed E-state index contributed by atoms with van der Waals surface area (Å²) >= 11 is 1.62. The average molecular weight is 398 g/mol. The van der Waals surface area contributed by atoms with Crippen molar-refractivity contribution in [1.82, 2.24) is 9.97 Å². The van der Waals surface area contributed by atoms with Crippen molar-refractivity contribution in [2.45, 2.75) is 13.0 Å². The number of aliphatic hydroxyl groups excluding tert-OH is 1. The minimum atomic E-state index is -0.534. The van der Waals surface area contributed by atoms with E-state index in [0.29, 0.717) is 11.5 Å². The van der Waals surface area contributed by atoms with Crippen LogP contribution in [-0.4, -0.2) is 15.1 Å². The average Bonchev–Trinajstić information content (AvgIpc) is 3.25. The number of hydrogen-bond acceptors (Lipinski definition) is 6. The zero-order valence-electron chi connectivity index (χ0n) is 15.7. The van der Waals surface area contributed by atoms with Crippen LogP contribution < -0.4 is 5.32 Å². The summed E-state index contributed by atoms with van der Waals surface area (Å²) in [5.41, 5.74) is 4.13. The van der Waals surface area contributed by atoms with Gasteiger partial charge in [0.15, 0.2) is 0 Å². The predicted octanol–water partition coefficient (Wildman–Crippen LogP) is 5.54. The normalized spacial score (nSPS) is 11.6. The Morgan fingerprint density at radius 2 is 1.86 bits per heavy atom. The molecule has 0 fully saturated rings. The Morgan fingerprint density at radius 1 is 1.03 bits per heavy atom. The van der Waals surface area contributed by atoms with Crippen molar-refractivity contribution in [3.63, 3.8) is 0 Å². The number of benzene rings is 2. The molecule has 5 nitrogen and oxygen atoms in total. The molecule has 0 radical (unpaired) electrons. The number of aromatic nitrogens is 2. The van der Waals surface area contributed by atoms with Crippen LogP contribution >= 0.6 is 11.3 Å². The van der Waals surface area contributed by atoms with Crippen molar-refractivity contribution < 1.29 is 5.11 Å². The second-order valence-electron chi connectivity index (χ2n) is 6.55. The van der Waals surface area contributed by atoms with Crippen LogP contribution in [-0.2, 0) is 0 Å². The van der Waals surface area contributed by atoms with Gasteiger partial charge in [-0.1, -0.05) is 24.3 Å². The Kier molecular flexibility index (Phi) is 5.34. The smallest absolute Gasteiger partial charge is 0.227 e. The summed E-state index contributed by atoms with van der Waals surface area (Å²) in [6, 6.07) is 23.2. The van der Waals surface area contributed by atoms with Crippen molar-refractivity contribution in [3.8, 4) is 27.1 Å². The molecule has 0 amide bonds. The summed E-state index contributed by atoms with van der Waals surface area (Å²) in [6.45, 7) is 1.73. The fourth-order valence-corrected chi connectivity index (χ4v) is 3.91. The van der Waals surface area contributed by atoms with E-state index in [2.05, 4.69) is 21.4 Å². The number of nitrogens with zero attached hydrogens (tertiary/aromatic N) is 3. The molecule has 2 aromatic heterocycles. The van der Waals surface area contributed by atoms with E-state index in [0.717, 1.165) is 32.3 Å². The Hall–Kier alpha value is -3.53. The number of anilines is 2. The highest BCUT2D eigenvalue weighted by Gasteiger charge is 2.09. The largest absolute Gasteiger partial charge is 0.389 e. The lowest BCUT2D eigenvalue weighted by Crippen LogP contribution is -1.99. The molecule has 142 valence electrons. The second kappa shape index (κ2) is 8.23. The molecule has 0 saturated carbocycles. The third kappa shape index (κ3) is 4.32. The molecule has 1 atom stereocenters.